The minimum Gasteiger partial charge on any atom is -0.0622 e. The normalized spacial score (nSPS) is 11.6. The molecule has 0 aliphatic rings. The summed E-state index contributed by atoms with van der Waals surface area (Å²) < 4.78 is 0. The molecule has 0 nitrogen and oxygen atoms in total. The third kappa shape index (κ3) is 3.91. The van der Waals surface area contributed by atoms with Crippen LogP contribution in [0.1, 0.15) is 11.1 Å². The Kier molecular flexibility index (Phi) is 5.69. The van der Waals surface area contributed by atoms with Crippen LogP contribution in [0.4, 0.5) is 0 Å². The molecule has 0 radical (unpaired) electrons. The van der Waals surface area contributed by atoms with Crippen molar-refractivity contribution < 1.29 is 0 Å². The van der Waals surface area contributed by atoms with Crippen LogP contribution in [0.3, 0.4) is 0 Å². The van der Waals surface area contributed by atoms with E-state index in [0.717, 1.165) is 0 Å². The minimum atomic E-state index is 1.23. The van der Waals surface area contributed by atoms with Crippen LogP contribution in [0.5, 0.6) is 0 Å². The van der Waals surface area contributed by atoms with Gasteiger partial charge in [-0.2, -0.15) is 0 Å². The first-order valence-electron chi connectivity index (χ1n) is 14.7. The van der Waals surface area contributed by atoms with Crippen molar-refractivity contribution in [2.75, 3.05) is 0 Å². The lowest BCUT2D eigenvalue weighted by Gasteiger charge is -2.21. The van der Waals surface area contributed by atoms with Gasteiger partial charge in [-0.1, -0.05) is 121 Å². The van der Waals surface area contributed by atoms with Crippen molar-refractivity contribution in [3.05, 3.63) is 157 Å². The SMILES string of the molecule is Cc1ccc(-c2c3ccccc3c(-c3cc4ccccc4cc3-c3ccccc3)c3cc4ccccc4cc23)cc1C. The zero-order chi connectivity index (χ0) is 28.2. The largest absolute Gasteiger partial charge is 0.0622 e. The van der Waals surface area contributed by atoms with Gasteiger partial charge in [0.25, 0.3) is 0 Å². The second-order valence-electron chi connectivity index (χ2n) is 11.5. The lowest BCUT2D eigenvalue weighted by molar-refractivity contribution is 1.34. The van der Waals surface area contributed by atoms with Gasteiger partial charge in [-0.3, -0.25) is 0 Å². The summed E-state index contributed by atoms with van der Waals surface area (Å²) >= 11 is 0. The molecule has 0 heterocycles. The predicted molar refractivity (Wildman–Crippen MR) is 182 cm³/mol. The number of fused-ring (bicyclic) bond motifs is 4. The number of aryl methyl sites for hydroxylation is 2. The maximum Gasteiger partial charge on any atom is -0.00197 e. The van der Waals surface area contributed by atoms with E-state index in [0.29, 0.717) is 0 Å². The zero-order valence-corrected chi connectivity index (χ0v) is 23.9. The van der Waals surface area contributed by atoms with Gasteiger partial charge in [-0.25, -0.2) is 0 Å². The average Bonchev–Trinajstić information content (AvgIpc) is 3.04. The molecule has 0 atom stereocenters. The summed E-state index contributed by atoms with van der Waals surface area (Å²) in [7, 11) is 0. The van der Waals surface area contributed by atoms with Crippen LogP contribution in [0, 0.1) is 13.8 Å². The van der Waals surface area contributed by atoms with Crippen LogP contribution >= 0.6 is 0 Å². The Morgan fingerprint density at radius 1 is 0.310 bits per heavy atom. The number of rotatable bonds is 3. The van der Waals surface area contributed by atoms with Crippen molar-refractivity contribution in [2.24, 2.45) is 0 Å². The third-order valence-electron chi connectivity index (χ3n) is 8.93. The smallest absolute Gasteiger partial charge is 0.00197 e. The summed E-state index contributed by atoms with van der Waals surface area (Å²) in [5.74, 6) is 0. The molecule has 0 fully saturated rings. The van der Waals surface area contributed by atoms with Crippen molar-refractivity contribution in [3.63, 3.8) is 0 Å². The van der Waals surface area contributed by atoms with Gasteiger partial charge in [0, 0.05) is 0 Å². The molecule has 0 aromatic heterocycles. The zero-order valence-electron chi connectivity index (χ0n) is 23.9. The monoisotopic (exact) mass is 534 g/mol. The van der Waals surface area contributed by atoms with Gasteiger partial charge in [0.2, 0.25) is 0 Å². The minimum absolute atomic E-state index is 1.23. The van der Waals surface area contributed by atoms with Crippen molar-refractivity contribution in [3.8, 4) is 33.4 Å². The molecule has 0 saturated heterocycles. The van der Waals surface area contributed by atoms with E-state index >= 15 is 0 Å². The summed E-state index contributed by atoms with van der Waals surface area (Å²) in [6, 6.07) is 53.8. The maximum absolute atomic E-state index is 2.42. The third-order valence-corrected chi connectivity index (χ3v) is 8.93. The van der Waals surface area contributed by atoms with E-state index in [9.17, 15) is 0 Å². The van der Waals surface area contributed by atoms with E-state index in [2.05, 4.69) is 159 Å². The van der Waals surface area contributed by atoms with Crippen LogP contribution in [0.2, 0.25) is 0 Å². The first kappa shape index (κ1) is 24.6. The average molecular weight is 535 g/mol. The lowest BCUT2D eigenvalue weighted by atomic mass is 9.82. The molecular weight excluding hydrogens is 504 g/mol. The van der Waals surface area contributed by atoms with Crippen LogP contribution in [0.25, 0.3) is 76.5 Å². The van der Waals surface area contributed by atoms with Crippen molar-refractivity contribution >= 4 is 43.1 Å². The molecule has 0 aliphatic heterocycles. The van der Waals surface area contributed by atoms with Gasteiger partial charge in [-0.15, -0.1) is 0 Å². The number of benzene rings is 8. The van der Waals surface area contributed by atoms with Gasteiger partial charge < -0.3 is 0 Å². The molecule has 198 valence electrons. The van der Waals surface area contributed by atoms with Gasteiger partial charge in [0.1, 0.15) is 0 Å². The summed E-state index contributed by atoms with van der Waals surface area (Å²) in [5, 5.41) is 10.2. The van der Waals surface area contributed by atoms with Crippen LogP contribution in [-0.2, 0) is 0 Å². The molecule has 0 heteroatoms. The fraction of sp³-hybridized carbons (Fsp3) is 0.0476. The highest BCUT2D eigenvalue weighted by Gasteiger charge is 2.20. The van der Waals surface area contributed by atoms with Crippen molar-refractivity contribution in [1.29, 1.82) is 0 Å². The van der Waals surface area contributed by atoms with Crippen molar-refractivity contribution in [2.45, 2.75) is 13.8 Å². The van der Waals surface area contributed by atoms with E-state index in [1.165, 1.54) is 87.6 Å². The molecule has 0 bridgehead atoms. The van der Waals surface area contributed by atoms with Gasteiger partial charge >= 0.3 is 0 Å². The molecule has 0 aliphatic carbocycles. The summed E-state index contributed by atoms with van der Waals surface area (Å²) in [6.45, 7) is 4.41. The van der Waals surface area contributed by atoms with Gasteiger partial charge in [0.15, 0.2) is 0 Å². The molecular formula is C42H30. The Balaban J connectivity index is 1.60. The summed E-state index contributed by atoms with van der Waals surface area (Å²) in [5.41, 5.74) is 10.3. The molecule has 0 unspecified atom stereocenters. The van der Waals surface area contributed by atoms with Gasteiger partial charge in [0.05, 0.1) is 0 Å². The molecule has 8 rings (SSSR count). The van der Waals surface area contributed by atoms with E-state index in [-0.39, 0.29) is 0 Å². The Morgan fingerprint density at radius 3 is 1.43 bits per heavy atom. The molecule has 42 heavy (non-hydrogen) atoms. The Hall–Kier alpha value is -5.20. The Labute approximate surface area is 246 Å². The molecule has 0 N–H and O–H groups in total. The fourth-order valence-corrected chi connectivity index (χ4v) is 6.67. The topological polar surface area (TPSA) is 0 Å². The predicted octanol–water partition coefficient (Wildman–Crippen LogP) is 11.9. The van der Waals surface area contributed by atoms with Crippen LogP contribution < -0.4 is 0 Å². The maximum atomic E-state index is 2.42. The van der Waals surface area contributed by atoms with E-state index in [4.69, 9.17) is 0 Å². The quantitative estimate of drug-likeness (QED) is 0.198. The Morgan fingerprint density at radius 2 is 0.810 bits per heavy atom. The molecule has 0 saturated carbocycles. The number of hydrogen-bond donors (Lipinski definition) is 0. The molecule has 0 amide bonds. The highest BCUT2D eigenvalue weighted by Crippen LogP contribution is 2.48. The molecule has 8 aromatic rings. The highest BCUT2D eigenvalue weighted by atomic mass is 14.2. The summed E-state index contributed by atoms with van der Waals surface area (Å²) in [4.78, 5) is 0. The van der Waals surface area contributed by atoms with E-state index in [1.54, 1.807) is 0 Å². The fourth-order valence-electron chi connectivity index (χ4n) is 6.67. The number of hydrogen-bond acceptors (Lipinski definition) is 0. The lowest BCUT2D eigenvalue weighted by Crippen LogP contribution is -1.94. The first-order chi connectivity index (χ1) is 20.7. The van der Waals surface area contributed by atoms with E-state index < -0.39 is 0 Å². The summed E-state index contributed by atoms with van der Waals surface area (Å²) in [6.07, 6.45) is 0. The second kappa shape index (κ2) is 9.72. The van der Waals surface area contributed by atoms with E-state index in [1.807, 2.05) is 0 Å². The van der Waals surface area contributed by atoms with Crippen molar-refractivity contribution in [1.82, 2.24) is 0 Å². The Bertz CT molecular complexity index is 2300. The van der Waals surface area contributed by atoms with Gasteiger partial charge in [-0.05, 0) is 126 Å². The second-order valence-corrected chi connectivity index (χ2v) is 11.5. The molecule has 0 spiro atoms. The highest BCUT2D eigenvalue weighted by molar-refractivity contribution is 6.25. The standard InChI is InChI=1S/C42H30/c1-27-20-21-34(22-28(27)2)41-35-18-10-11-19-36(35)42(40-26-33-17-9-8-16-32(33)25-39(40)41)38-24-31-15-7-6-14-30(31)23-37(38)29-12-4-3-5-13-29/h3-26H,1-2H3. The van der Waals surface area contributed by atoms with Crippen LogP contribution in [-0.4, -0.2) is 0 Å². The molecule has 8 aromatic carbocycles. The van der Waals surface area contributed by atoms with Crippen LogP contribution in [0.15, 0.2) is 146 Å². The first-order valence-corrected chi connectivity index (χ1v) is 14.7.